The SMILES string of the molecule is N#CC1(NC2CCCCC2)CCC2(CCCC2)CC1. The lowest BCUT2D eigenvalue weighted by Crippen LogP contribution is -2.53. The summed E-state index contributed by atoms with van der Waals surface area (Å²) in [6.45, 7) is 0. The Bertz CT molecular complexity index is 333. The van der Waals surface area contributed by atoms with Gasteiger partial charge in [0.25, 0.3) is 0 Å². The molecule has 2 nitrogen and oxygen atoms in total. The number of nitriles is 1. The van der Waals surface area contributed by atoms with Crippen molar-refractivity contribution in [1.29, 1.82) is 5.26 Å². The van der Waals surface area contributed by atoms with E-state index >= 15 is 0 Å². The van der Waals surface area contributed by atoms with Gasteiger partial charge in [-0.05, 0) is 56.8 Å². The van der Waals surface area contributed by atoms with Gasteiger partial charge in [0, 0.05) is 6.04 Å². The first-order valence-corrected chi connectivity index (χ1v) is 8.45. The van der Waals surface area contributed by atoms with Gasteiger partial charge >= 0.3 is 0 Å². The Hall–Kier alpha value is -0.550. The Morgan fingerprint density at radius 3 is 2.00 bits per heavy atom. The van der Waals surface area contributed by atoms with E-state index in [4.69, 9.17) is 0 Å². The summed E-state index contributed by atoms with van der Waals surface area (Å²) >= 11 is 0. The first-order chi connectivity index (χ1) is 9.26. The van der Waals surface area contributed by atoms with Crippen LogP contribution in [0.1, 0.15) is 83.5 Å². The second-order valence-corrected chi connectivity index (χ2v) is 7.38. The molecular formula is C17H28N2. The third-order valence-corrected chi connectivity index (χ3v) is 6.13. The van der Waals surface area contributed by atoms with Gasteiger partial charge in [-0.15, -0.1) is 0 Å². The van der Waals surface area contributed by atoms with Gasteiger partial charge in [0.1, 0.15) is 5.54 Å². The van der Waals surface area contributed by atoms with Crippen molar-refractivity contribution in [3.8, 4) is 6.07 Å². The molecule has 3 aliphatic rings. The first-order valence-electron chi connectivity index (χ1n) is 8.45. The summed E-state index contributed by atoms with van der Waals surface area (Å²) in [5.74, 6) is 0. The lowest BCUT2D eigenvalue weighted by molar-refractivity contribution is 0.126. The highest BCUT2D eigenvalue weighted by atomic mass is 15.0. The second-order valence-electron chi connectivity index (χ2n) is 7.38. The highest BCUT2D eigenvalue weighted by Gasteiger charge is 2.44. The molecule has 0 saturated heterocycles. The third-order valence-electron chi connectivity index (χ3n) is 6.13. The highest BCUT2D eigenvalue weighted by Crippen LogP contribution is 2.51. The molecule has 2 heteroatoms. The van der Waals surface area contributed by atoms with Crippen LogP contribution in [-0.4, -0.2) is 11.6 Å². The van der Waals surface area contributed by atoms with E-state index < -0.39 is 0 Å². The van der Waals surface area contributed by atoms with Gasteiger partial charge in [-0.1, -0.05) is 32.1 Å². The molecule has 3 fully saturated rings. The van der Waals surface area contributed by atoms with E-state index in [1.54, 1.807) is 0 Å². The van der Waals surface area contributed by atoms with Crippen LogP contribution in [0.15, 0.2) is 0 Å². The molecule has 0 aromatic heterocycles. The molecule has 3 rings (SSSR count). The van der Waals surface area contributed by atoms with E-state index in [1.807, 2.05) is 0 Å². The smallest absolute Gasteiger partial charge is 0.107 e. The van der Waals surface area contributed by atoms with Gasteiger partial charge in [-0.3, -0.25) is 5.32 Å². The van der Waals surface area contributed by atoms with Crippen molar-refractivity contribution >= 4 is 0 Å². The third kappa shape index (κ3) is 2.82. The fourth-order valence-corrected chi connectivity index (χ4v) is 4.76. The van der Waals surface area contributed by atoms with E-state index in [0.29, 0.717) is 11.5 Å². The number of hydrogen-bond acceptors (Lipinski definition) is 2. The Balaban J connectivity index is 1.60. The van der Waals surface area contributed by atoms with Crippen molar-refractivity contribution in [3.63, 3.8) is 0 Å². The maximum Gasteiger partial charge on any atom is 0.107 e. The summed E-state index contributed by atoms with van der Waals surface area (Å²) in [5, 5.41) is 13.5. The minimum atomic E-state index is -0.185. The summed E-state index contributed by atoms with van der Waals surface area (Å²) in [4.78, 5) is 0. The molecule has 3 aliphatic carbocycles. The van der Waals surface area contributed by atoms with Crippen LogP contribution in [0.25, 0.3) is 0 Å². The van der Waals surface area contributed by atoms with Gasteiger partial charge in [0.05, 0.1) is 6.07 Å². The summed E-state index contributed by atoms with van der Waals surface area (Å²) in [7, 11) is 0. The number of hydrogen-bond donors (Lipinski definition) is 1. The van der Waals surface area contributed by atoms with Crippen molar-refractivity contribution < 1.29 is 0 Å². The van der Waals surface area contributed by atoms with Crippen molar-refractivity contribution in [2.45, 2.75) is 95.1 Å². The second kappa shape index (κ2) is 5.44. The average molecular weight is 260 g/mol. The van der Waals surface area contributed by atoms with Crippen LogP contribution in [0.5, 0.6) is 0 Å². The predicted octanol–water partition coefficient (Wildman–Crippen LogP) is 4.31. The monoisotopic (exact) mass is 260 g/mol. The summed E-state index contributed by atoms with van der Waals surface area (Å²) in [6, 6.07) is 3.28. The van der Waals surface area contributed by atoms with Crippen LogP contribution < -0.4 is 5.32 Å². The molecular weight excluding hydrogens is 232 g/mol. The Morgan fingerprint density at radius 2 is 1.42 bits per heavy atom. The molecule has 1 spiro atoms. The molecule has 0 amide bonds. The van der Waals surface area contributed by atoms with Gasteiger partial charge in [0.2, 0.25) is 0 Å². The summed E-state index contributed by atoms with van der Waals surface area (Å²) in [5.41, 5.74) is 0.449. The first kappa shape index (κ1) is 13.4. The van der Waals surface area contributed by atoms with Crippen molar-refractivity contribution in [2.24, 2.45) is 5.41 Å². The van der Waals surface area contributed by atoms with E-state index in [0.717, 1.165) is 12.8 Å². The van der Waals surface area contributed by atoms with Crippen LogP contribution in [0, 0.1) is 16.7 Å². The van der Waals surface area contributed by atoms with E-state index in [-0.39, 0.29) is 5.54 Å². The van der Waals surface area contributed by atoms with E-state index in [2.05, 4.69) is 11.4 Å². The van der Waals surface area contributed by atoms with Crippen LogP contribution in [0.4, 0.5) is 0 Å². The Labute approximate surface area is 118 Å². The van der Waals surface area contributed by atoms with Crippen molar-refractivity contribution in [1.82, 2.24) is 5.32 Å². The van der Waals surface area contributed by atoms with Gasteiger partial charge in [0.15, 0.2) is 0 Å². The molecule has 0 bridgehead atoms. The van der Waals surface area contributed by atoms with Crippen molar-refractivity contribution in [2.75, 3.05) is 0 Å². The van der Waals surface area contributed by atoms with Crippen LogP contribution in [-0.2, 0) is 0 Å². The molecule has 0 aliphatic heterocycles. The number of nitrogens with one attached hydrogen (secondary N) is 1. The van der Waals surface area contributed by atoms with Crippen LogP contribution in [0.2, 0.25) is 0 Å². The van der Waals surface area contributed by atoms with Gasteiger partial charge in [-0.25, -0.2) is 0 Å². The van der Waals surface area contributed by atoms with Gasteiger partial charge < -0.3 is 0 Å². The minimum Gasteiger partial charge on any atom is -0.297 e. The minimum absolute atomic E-state index is 0.185. The maximum absolute atomic E-state index is 9.69. The fourth-order valence-electron chi connectivity index (χ4n) is 4.76. The summed E-state index contributed by atoms with van der Waals surface area (Å²) in [6.07, 6.45) is 17.2. The molecule has 0 aromatic rings. The fraction of sp³-hybridized carbons (Fsp3) is 0.941. The average Bonchev–Trinajstić information content (AvgIpc) is 2.92. The molecule has 106 valence electrons. The lowest BCUT2D eigenvalue weighted by atomic mass is 9.66. The zero-order chi connectivity index (χ0) is 13.2. The Kier molecular flexibility index (Phi) is 3.85. The molecule has 0 heterocycles. The number of nitrogens with zero attached hydrogens (tertiary/aromatic N) is 1. The topological polar surface area (TPSA) is 35.8 Å². The van der Waals surface area contributed by atoms with Gasteiger partial charge in [-0.2, -0.15) is 5.26 Å². The number of rotatable bonds is 2. The van der Waals surface area contributed by atoms with E-state index in [1.165, 1.54) is 70.6 Å². The Morgan fingerprint density at radius 1 is 0.789 bits per heavy atom. The van der Waals surface area contributed by atoms with Crippen LogP contribution in [0.3, 0.4) is 0 Å². The molecule has 0 unspecified atom stereocenters. The highest BCUT2D eigenvalue weighted by molar-refractivity contribution is 5.12. The summed E-state index contributed by atoms with van der Waals surface area (Å²) < 4.78 is 0. The quantitative estimate of drug-likeness (QED) is 0.803. The predicted molar refractivity (Wildman–Crippen MR) is 77.7 cm³/mol. The molecule has 3 saturated carbocycles. The van der Waals surface area contributed by atoms with Crippen LogP contribution >= 0.6 is 0 Å². The standard InChI is InChI=1S/C17H28N2/c18-14-17(19-15-6-2-1-3-7-15)12-10-16(11-13-17)8-4-5-9-16/h15,19H,1-13H2. The molecule has 19 heavy (non-hydrogen) atoms. The zero-order valence-corrected chi connectivity index (χ0v) is 12.2. The normalized spacial score (nSPS) is 30.3. The lowest BCUT2D eigenvalue weighted by Gasteiger charge is -2.44. The van der Waals surface area contributed by atoms with Crippen molar-refractivity contribution in [3.05, 3.63) is 0 Å². The molecule has 0 atom stereocenters. The molecule has 0 aromatic carbocycles. The largest absolute Gasteiger partial charge is 0.297 e. The molecule has 1 N–H and O–H groups in total. The molecule has 0 radical (unpaired) electrons. The van der Waals surface area contributed by atoms with E-state index in [9.17, 15) is 5.26 Å². The maximum atomic E-state index is 9.69. The zero-order valence-electron chi connectivity index (χ0n) is 12.2.